The predicted molar refractivity (Wildman–Crippen MR) is 126 cm³/mol. The number of nitrogens with one attached hydrogen (secondary N) is 1. The maximum atomic E-state index is 13.2. The molecular formula is C22H43N4O9+. The summed E-state index contributed by atoms with van der Waals surface area (Å²) in [5.74, 6) is -1.33. The molecule has 4 N–H and O–H groups in total. The van der Waals surface area contributed by atoms with E-state index < -0.39 is 59.0 Å². The van der Waals surface area contributed by atoms with Gasteiger partial charge in [-0.15, -0.1) is 0 Å². The molecule has 1 atom stereocenters. The van der Waals surface area contributed by atoms with Gasteiger partial charge in [0, 0.05) is 13.0 Å². The Morgan fingerprint density at radius 3 is 1.83 bits per heavy atom. The van der Waals surface area contributed by atoms with Crippen LogP contribution < -0.4 is 11.1 Å². The minimum atomic E-state index is -1.33. The lowest BCUT2D eigenvalue weighted by Gasteiger charge is -2.34. The first-order valence-corrected chi connectivity index (χ1v) is 11.3. The number of hydroxylamine groups is 3. The normalized spacial score (nSPS) is 13.9. The third-order valence-corrected chi connectivity index (χ3v) is 3.86. The van der Waals surface area contributed by atoms with Crippen LogP contribution in [0.15, 0.2) is 0 Å². The molecule has 35 heavy (non-hydrogen) atoms. The number of aliphatic carboxylic acids is 1. The van der Waals surface area contributed by atoms with Gasteiger partial charge in [-0.05, 0) is 62.3 Å². The molecule has 3 amide bonds. The molecule has 0 aliphatic heterocycles. The van der Waals surface area contributed by atoms with Crippen LogP contribution in [0.1, 0.15) is 68.7 Å². The second kappa shape index (κ2) is 12.9. The Labute approximate surface area is 207 Å². The highest BCUT2D eigenvalue weighted by molar-refractivity contribution is 5.69. The van der Waals surface area contributed by atoms with E-state index in [2.05, 4.69) is 5.32 Å². The van der Waals surface area contributed by atoms with Crippen LogP contribution >= 0.6 is 0 Å². The van der Waals surface area contributed by atoms with Crippen molar-refractivity contribution in [2.24, 2.45) is 5.73 Å². The SMILES string of the molecule is CC(C)(C)OC(=O)NC[N+](CCCN(CN)C(=O)OC(C)(C)C)(OCC(=O)O)C(=O)OC(C)(C)C. The van der Waals surface area contributed by atoms with Crippen molar-refractivity contribution in [3.63, 3.8) is 0 Å². The molecule has 0 aliphatic rings. The van der Waals surface area contributed by atoms with Gasteiger partial charge in [0.15, 0.2) is 6.67 Å². The van der Waals surface area contributed by atoms with E-state index in [1.165, 1.54) is 4.90 Å². The van der Waals surface area contributed by atoms with Crippen LogP contribution in [0.4, 0.5) is 14.4 Å². The highest BCUT2D eigenvalue weighted by Crippen LogP contribution is 2.19. The van der Waals surface area contributed by atoms with E-state index >= 15 is 0 Å². The molecule has 0 saturated carbocycles. The molecule has 0 aromatic carbocycles. The topological polar surface area (TPSA) is 167 Å². The van der Waals surface area contributed by atoms with E-state index in [0.29, 0.717) is 0 Å². The van der Waals surface area contributed by atoms with Crippen molar-refractivity contribution in [2.45, 2.75) is 85.5 Å². The Kier molecular flexibility index (Phi) is 11.9. The standard InChI is InChI=1S/C22H42N4O9/c1-20(2,3)33-17(29)24-15-26(32-13-16(27)28,19(31)35-22(7,8)9)12-10-11-25(14-23)18(30)34-21(4,5)6/h10-15,23H2,1-9H3,(H-,24,27,28,29)/p+1. The number of nitrogens with zero attached hydrogens (tertiary/aromatic N) is 2. The first kappa shape index (κ1) is 32.4. The zero-order valence-corrected chi connectivity index (χ0v) is 22.4. The molecule has 0 aromatic heterocycles. The first-order chi connectivity index (χ1) is 15.7. The maximum absolute atomic E-state index is 13.2. The van der Waals surface area contributed by atoms with Crippen molar-refractivity contribution in [3.8, 4) is 0 Å². The van der Waals surface area contributed by atoms with Gasteiger partial charge >= 0.3 is 24.2 Å². The van der Waals surface area contributed by atoms with E-state index in [0.717, 1.165) is 0 Å². The Morgan fingerprint density at radius 1 is 0.886 bits per heavy atom. The lowest BCUT2D eigenvalue weighted by atomic mass is 10.2. The van der Waals surface area contributed by atoms with Gasteiger partial charge in [-0.3, -0.25) is 10.2 Å². The van der Waals surface area contributed by atoms with Crippen LogP contribution in [0.25, 0.3) is 0 Å². The number of rotatable bonds is 10. The van der Waals surface area contributed by atoms with Gasteiger partial charge in [-0.2, -0.15) is 9.63 Å². The number of quaternary nitrogens is 1. The molecule has 204 valence electrons. The van der Waals surface area contributed by atoms with Crippen molar-refractivity contribution < 1.29 is 48.0 Å². The lowest BCUT2D eigenvalue weighted by Crippen LogP contribution is -2.60. The molecule has 13 nitrogen and oxygen atoms in total. The number of carboxylic acid groups (broad SMARTS) is 1. The van der Waals surface area contributed by atoms with Gasteiger partial charge in [0.2, 0.25) is 6.61 Å². The number of carboxylic acids is 1. The molecule has 0 aromatic rings. The van der Waals surface area contributed by atoms with Crippen LogP contribution in [0.2, 0.25) is 0 Å². The summed E-state index contributed by atoms with van der Waals surface area (Å²) >= 11 is 0. The van der Waals surface area contributed by atoms with Crippen molar-refractivity contribution in [3.05, 3.63) is 0 Å². The van der Waals surface area contributed by atoms with Crippen LogP contribution in [0.5, 0.6) is 0 Å². The number of nitrogens with two attached hydrogens (primary N) is 1. The number of hydrogen-bond acceptors (Lipinski definition) is 9. The Balaban J connectivity index is 5.79. The molecule has 0 radical (unpaired) electrons. The van der Waals surface area contributed by atoms with Crippen LogP contribution in [0, 0.1) is 0 Å². The Morgan fingerprint density at radius 2 is 1.40 bits per heavy atom. The fourth-order valence-electron chi connectivity index (χ4n) is 2.53. The largest absolute Gasteiger partial charge is 0.551 e. The second-order valence-corrected chi connectivity index (χ2v) is 10.9. The summed E-state index contributed by atoms with van der Waals surface area (Å²) < 4.78 is 15.0. The molecule has 13 heteroatoms. The van der Waals surface area contributed by atoms with Gasteiger partial charge in [0.25, 0.3) is 0 Å². The number of alkyl carbamates (subject to hydrolysis) is 1. The fourth-order valence-corrected chi connectivity index (χ4v) is 2.53. The van der Waals surface area contributed by atoms with E-state index in [1.807, 2.05) is 0 Å². The van der Waals surface area contributed by atoms with Gasteiger partial charge in [-0.25, -0.2) is 14.4 Å². The quantitative estimate of drug-likeness (QED) is 0.173. The molecule has 0 heterocycles. The molecule has 1 unspecified atom stereocenters. The monoisotopic (exact) mass is 507 g/mol. The lowest BCUT2D eigenvalue weighted by molar-refractivity contribution is -1.05. The highest BCUT2D eigenvalue weighted by Gasteiger charge is 2.45. The highest BCUT2D eigenvalue weighted by atomic mass is 16.8. The number of carbonyl (C=O) groups excluding carboxylic acids is 3. The zero-order chi connectivity index (χ0) is 27.7. The molecule has 0 saturated heterocycles. The van der Waals surface area contributed by atoms with Crippen molar-refractivity contribution >= 4 is 24.2 Å². The third-order valence-electron chi connectivity index (χ3n) is 3.86. The molecule has 0 bridgehead atoms. The summed E-state index contributed by atoms with van der Waals surface area (Å²) in [4.78, 5) is 55.7. The summed E-state index contributed by atoms with van der Waals surface area (Å²) in [6.07, 6.45) is -2.27. The summed E-state index contributed by atoms with van der Waals surface area (Å²) in [6.45, 7) is 13.5. The minimum Gasteiger partial charge on any atom is -0.479 e. The number of carbonyl (C=O) groups is 4. The van der Waals surface area contributed by atoms with Gasteiger partial charge in [-0.1, -0.05) is 4.65 Å². The molecule has 0 rings (SSSR count). The summed E-state index contributed by atoms with van der Waals surface area (Å²) in [5.41, 5.74) is 3.22. The zero-order valence-electron chi connectivity index (χ0n) is 22.4. The first-order valence-electron chi connectivity index (χ1n) is 11.3. The molecular weight excluding hydrogens is 464 g/mol. The average molecular weight is 508 g/mol. The molecule has 0 spiro atoms. The van der Waals surface area contributed by atoms with E-state index in [1.54, 1.807) is 62.3 Å². The van der Waals surface area contributed by atoms with Crippen LogP contribution in [-0.4, -0.2) is 88.7 Å². The number of ether oxygens (including phenoxy) is 3. The van der Waals surface area contributed by atoms with E-state index in [-0.39, 0.29) is 26.2 Å². The predicted octanol–water partition coefficient (Wildman–Crippen LogP) is 2.78. The molecule has 0 fully saturated rings. The van der Waals surface area contributed by atoms with Crippen molar-refractivity contribution in [1.82, 2.24) is 10.2 Å². The Bertz CT molecular complexity index is 739. The van der Waals surface area contributed by atoms with Crippen molar-refractivity contribution in [2.75, 3.05) is 33.0 Å². The minimum absolute atomic E-state index is 0.0665. The fraction of sp³-hybridized carbons (Fsp3) is 0.818. The average Bonchev–Trinajstić information content (AvgIpc) is 2.62. The third kappa shape index (κ3) is 14.4. The van der Waals surface area contributed by atoms with Gasteiger partial charge in [0.05, 0.1) is 6.67 Å². The van der Waals surface area contributed by atoms with Gasteiger partial charge < -0.3 is 25.1 Å². The number of amides is 3. The van der Waals surface area contributed by atoms with Crippen LogP contribution in [0.3, 0.4) is 0 Å². The molecule has 0 aliphatic carbocycles. The maximum Gasteiger partial charge on any atom is 0.551 e. The van der Waals surface area contributed by atoms with Crippen LogP contribution in [-0.2, 0) is 23.8 Å². The summed E-state index contributed by atoms with van der Waals surface area (Å²) in [7, 11) is 0. The smallest absolute Gasteiger partial charge is 0.479 e. The Hall–Kier alpha value is -2.64. The van der Waals surface area contributed by atoms with Crippen molar-refractivity contribution in [1.29, 1.82) is 0 Å². The van der Waals surface area contributed by atoms with E-state index in [9.17, 15) is 19.2 Å². The second-order valence-electron chi connectivity index (χ2n) is 10.9. The van der Waals surface area contributed by atoms with E-state index in [4.69, 9.17) is 29.9 Å². The summed E-state index contributed by atoms with van der Waals surface area (Å²) in [5, 5.41) is 11.6. The number of hydrogen-bond donors (Lipinski definition) is 3. The summed E-state index contributed by atoms with van der Waals surface area (Å²) in [6, 6.07) is 0. The van der Waals surface area contributed by atoms with Gasteiger partial charge in [0.1, 0.15) is 23.3 Å².